The highest BCUT2D eigenvalue weighted by Gasteiger charge is 2.20. The fourth-order valence-corrected chi connectivity index (χ4v) is 2.18. The molecule has 2 rings (SSSR count). The summed E-state index contributed by atoms with van der Waals surface area (Å²) in [5, 5.41) is 4.47. The summed E-state index contributed by atoms with van der Waals surface area (Å²) in [6, 6.07) is 5.39. The lowest BCUT2D eigenvalue weighted by Gasteiger charge is -2.10. The normalized spacial score (nSPS) is 11.0. The lowest BCUT2D eigenvalue weighted by molar-refractivity contribution is 0.371. The summed E-state index contributed by atoms with van der Waals surface area (Å²) in [7, 11) is 1.61. The van der Waals surface area contributed by atoms with Crippen LogP contribution in [0.1, 0.15) is 19.6 Å². The molecule has 19 heavy (non-hydrogen) atoms. The first-order valence-corrected chi connectivity index (χ1v) is 6.48. The minimum absolute atomic E-state index is 0.358. The van der Waals surface area contributed by atoms with Gasteiger partial charge in [-0.05, 0) is 24.1 Å². The number of halogens is 1. The first kappa shape index (κ1) is 13.7. The number of hydrogen-bond donors (Lipinski definition) is 1. The van der Waals surface area contributed by atoms with Gasteiger partial charge in [0.25, 0.3) is 0 Å². The maximum absolute atomic E-state index is 6.05. The molecule has 0 saturated heterocycles. The Morgan fingerprint density at radius 3 is 2.79 bits per heavy atom. The number of ether oxygens (including phenoxy) is 1. The molecule has 0 radical (unpaired) electrons. The van der Waals surface area contributed by atoms with E-state index in [-0.39, 0.29) is 0 Å². The molecule has 0 bridgehead atoms. The number of benzene rings is 1. The molecule has 1 aromatic heterocycles. The number of anilines is 1. The zero-order chi connectivity index (χ0) is 14.0. The molecule has 0 spiro atoms. The molecule has 1 heterocycles. The van der Waals surface area contributed by atoms with Crippen molar-refractivity contribution in [2.45, 2.75) is 20.3 Å². The largest absolute Gasteiger partial charge is 0.496 e. The van der Waals surface area contributed by atoms with E-state index in [0.717, 1.165) is 23.3 Å². The number of hydrogen-bond acceptors (Lipinski definition) is 4. The molecule has 2 aromatic rings. The van der Waals surface area contributed by atoms with Crippen molar-refractivity contribution >= 4 is 17.4 Å². The monoisotopic (exact) mass is 280 g/mol. The minimum atomic E-state index is 0.358. The Kier molecular flexibility index (Phi) is 4.00. The van der Waals surface area contributed by atoms with Crippen LogP contribution in [0.25, 0.3) is 11.1 Å². The van der Waals surface area contributed by atoms with E-state index in [9.17, 15) is 0 Å². The van der Waals surface area contributed by atoms with Gasteiger partial charge in [0.2, 0.25) is 0 Å². The maximum Gasteiger partial charge on any atom is 0.175 e. The zero-order valence-electron chi connectivity index (χ0n) is 11.2. The van der Waals surface area contributed by atoms with Gasteiger partial charge in [-0.15, -0.1) is 0 Å². The second kappa shape index (κ2) is 5.53. The van der Waals surface area contributed by atoms with Crippen molar-refractivity contribution in [3.8, 4) is 16.9 Å². The third kappa shape index (κ3) is 2.84. The lowest BCUT2D eigenvalue weighted by Crippen LogP contribution is -1.97. The average Bonchev–Trinajstić information content (AvgIpc) is 2.69. The molecule has 0 fully saturated rings. The fraction of sp³-hybridized carbons (Fsp3) is 0.357. The first-order chi connectivity index (χ1) is 9.02. The predicted octanol–water partition coefficient (Wildman–Crippen LogP) is 3.78. The van der Waals surface area contributed by atoms with Crippen LogP contribution >= 0.6 is 11.6 Å². The maximum atomic E-state index is 6.05. The minimum Gasteiger partial charge on any atom is -0.496 e. The summed E-state index contributed by atoms with van der Waals surface area (Å²) >= 11 is 6.05. The third-order valence-electron chi connectivity index (χ3n) is 2.81. The number of methoxy groups -OCH3 is 1. The molecule has 2 N–H and O–H groups in total. The van der Waals surface area contributed by atoms with E-state index < -0.39 is 0 Å². The number of nitrogen functional groups attached to an aromatic ring is 1. The van der Waals surface area contributed by atoms with Crippen LogP contribution < -0.4 is 10.5 Å². The van der Waals surface area contributed by atoms with Crippen LogP contribution in [0.2, 0.25) is 5.02 Å². The first-order valence-electron chi connectivity index (χ1n) is 6.10. The molecule has 4 nitrogen and oxygen atoms in total. The molecular formula is C14H17ClN2O2. The van der Waals surface area contributed by atoms with E-state index in [1.54, 1.807) is 13.2 Å². The lowest BCUT2D eigenvalue weighted by atomic mass is 9.99. The molecule has 102 valence electrons. The van der Waals surface area contributed by atoms with Crippen LogP contribution in [-0.4, -0.2) is 12.3 Å². The van der Waals surface area contributed by atoms with Gasteiger partial charge in [-0.25, -0.2) is 0 Å². The van der Waals surface area contributed by atoms with Gasteiger partial charge in [-0.2, -0.15) is 0 Å². The Morgan fingerprint density at radius 2 is 2.16 bits per heavy atom. The van der Waals surface area contributed by atoms with E-state index in [2.05, 4.69) is 19.0 Å². The van der Waals surface area contributed by atoms with Crippen LogP contribution in [0.3, 0.4) is 0 Å². The van der Waals surface area contributed by atoms with Crippen molar-refractivity contribution in [2.24, 2.45) is 5.92 Å². The molecule has 1 aromatic carbocycles. The molecule has 0 saturated carbocycles. The Labute approximate surface area is 117 Å². The van der Waals surface area contributed by atoms with Crippen LogP contribution in [-0.2, 0) is 6.42 Å². The van der Waals surface area contributed by atoms with Gasteiger partial charge in [0, 0.05) is 17.0 Å². The summed E-state index contributed by atoms with van der Waals surface area (Å²) in [6.45, 7) is 4.22. The van der Waals surface area contributed by atoms with Crippen LogP contribution in [0.5, 0.6) is 5.75 Å². The van der Waals surface area contributed by atoms with Crippen molar-refractivity contribution in [3.63, 3.8) is 0 Å². The van der Waals surface area contributed by atoms with Crippen molar-refractivity contribution in [1.82, 2.24) is 5.16 Å². The van der Waals surface area contributed by atoms with Crippen LogP contribution in [0.4, 0.5) is 5.82 Å². The summed E-state index contributed by atoms with van der Waals surface area (Å²) in [4.78, 5) is 0. The second-order valence-electron chi connectivity index (χ2n) is 4.81. The molecule has 0 aliphatic carbocycles. The number of nitrogens with zero attached hydrogens (tertiary/aromatic N) is 1. The Balaban J connectivity index is 2.57. The van der Waals surface area contributed by atoms with E-state index in [4.69, 9.17) is 26.6 Å². The fourth-order valence-electron chi connectivity index (χ4n) is 2.01. The van der Waals surface area contributed by atoms with Crippen LogP contribution in [0.15, 0.2) is 22.7 Å². The van der Waals surface area contributed by atoms with Crippen molar-refractivity contribution in [3.05, 3.63) is 29.0 Å². The highest BCUT2D eigenvalue weighted by Crippen LogP contribution is 2.38. The molecule has 0 aliphatic rings. The Hall–Kier alpha value is -1.68. The number of nitrogens with two attached hydrogens (primary N) is 1. The summed E-state index contributed by atoms with van der Waals surface area (Å²) in [6.07, 6.45) is 0.759. The molecule has 0 atom stereocenters. The third-order valence-corrected chi connectivity index (χ3v) is 3.05. The summed E-state index contributed by atoms with van der Waals surface area (Å²) < 4.78 is 10.7. The van der Waals surface area contributed by atoms with Crippen molar-refractivity contribution < 1.29 is 9.26 Å². The van der Waals surface area contributed by atoms with Gasteiger partial charge < -0.3 is 15.0 Å². The summed E-state index contributed by atoms with van der Waals surface area (Å²) in [5.41, 5.74) is 7.50. The van der Waals surface area contributed by atoms with Gasteiger partial charge in [0.05, 0.1) is 12.7 Å². The van der Waals surface area contributed by atoms with E-state index >= 15 is 0 Å². The quantitative estimate of drug-likeness (QED) is 0.926. The molecule has 0 amide bonds. The van der Waals surface area contributed by atoms with E-state index in [1.165, 1.54) is 0 Å². The smallest absolute Gasteiger partial charge is 0.175 e. The van der Waals surface area contributed by atoms with Gasteiger partial charge in [0.1, 0.15) is 11.5 Å². The SMILES string of the molecule is COc1ccc(Cl)cc1-c1c(N)noc1CC(C)C. The Bertz CT molecular complexity index is 579. The molecule has 5 heteroatoms. The summed E-state index contributed by atoms with van der Waals surface area (Å²) in [5.74, 6) is 2.25. The van der Waals surface area contributed by atoms with Gasteiger partial charge in [0.15, 0.2) is 5.82 Å². The van der Waals surface area contributed by atoms with E-state index in [0.29, 0.717) is 22.5 Å². The van der Waals surface area contributed by atoms with Crippen molar-refractivity contribution in [2.75, 3.05) is 12.8 Å². The topological polar surface area (TPSA) is 61.3 Å². The standard InChI is InChI=1S/C14H17ClN2O2/c1-8(2)6-12-13(14(16)17-19-12)10-7-9(15)4-5-11(10)18-3/h4-5,7-8H,6H2,1-3H3,(H2,16,17). The zero-order valence-corrected chi connectivity index (χ0v) is 12.0. The molecule has 0 unspecified atom stereocenters. The second-order valence-corrected chi connectivity index (χ2v) is 5.25. The predicted molar refractivity (Wildman–Crippen MR) is 76.5 cm³/mol. The number of aromatic nitrogens is 1. The highest BCUT2D eigenvalue weighted by molar-refractivity contribution is 6.31. The Morgan fingerprint density at radius 1 is 1.42 bits per heavy atom. The van der Waals surface area contributed by atoms with Crippen LogP contribution in [0, 0.1) is 5.92 Å². The van der Waals surface area contributed by atoms with E-state index in [1.807, 2.05) is 12.1 Å². The van der Waals surface area contributed by atoms with Gasteiger partial charge in [-0.1, -0.05) is 30.6 Å². The highest BCUT2D eigenvalue weighted by atomic mass is 35.5. The average molecular weight is 281 g/mol. The van der Waals surface area contributed by atoms with Gasteiger partial charge in [-0.3, -0.25) is 0 Å². The number of rotatable bonds is 4. The molecular weight excluding hydrogens is 264 g/mol. The van der Waals surface area contributed by atoms with Crippen molar-refractivity contribution in [1.29, 1.82) is 0 Å². The van der Waals surface area contributed by atoms with Gasteiger partial charge >= 0.3 is 0 Å². The molecule has 0 aliphatic heterocycles.